The number of methoxy groups -OCH3 is 1. The quantitative estimate of drug-likeness (QED) is 0.638. The van der Waals surface area contributed by atoms with Gasteiger partial charge in [-0.3, -0.25) is 0 Å². The number of nitrogen functional groups attached to an aromatic ring is 1. The molecule has 0 aliphatic heterocycles. The normalized spacial score (nSPS) is 10.3. The van der Waals surface area contributed by atoms with Gasteiger partial charge in [0.2, 0.25) is 5.88 Å². The molecule has 5 nitrogen and oxygen atoms in total. The fourth-order valence-corrected chi connectivity index (χ4v) is 2.36. The number of nitrogens with zero attached hydrogens (tertiary/aromatic N) is 1. The molecular weight excluding hydrogens is 366 g/mol. The van der Waals surface area contributed by atoms with Crippen molar-refractivity contribution in [2.24, 2.45) is 0 Å². The van der Waals surface area contributed by atoms with Crippen molar-refractivity contribution in [3.63, 3.8) is 0 Å². The third-order valence-corrected chi connectivity index (χ3v) is 3.77. The van der Waals surface area contributed by atoms with Gasteiger partial charge < -0.3 is 15.2 Å². The number of hydrogen-bond acceptors (Lipinski definition) is 6. The second-order valence-corrected chi connectivity index (χ2v) is 5.23. The van der Waals surface area contributed by atoms with Crippen LogP contribution in [-0.2, 0) is 4.74 Å². The Kier molecular flexibility index (Phi) is 5.35. The van der Waals surface area contributed by atoms with E-state index in [1.807, 2.05) is 0 Å². The van der Waals surface area contributed by atoms with Gasteiger partial charge >= 0.3 is 6.16 Å². The van der Waals surface area contributed by atoms with Gasteiger partial charge in [0, 0.05) is 16.5 Å². The molecule has 0 unspecified atom stereocenters. The van der Waals surface area contributed by atoms with Crippen LogP contribution < -0.4 is 10.5 Å². The zero-order valence-electron chi connectivity index (χ0n) is 11.6. The maximum absolute atomic E-state index is 14.5. The van der Waals surface area contributed by atoms with E-state index in [2.05, 4.69) is 9.72 Å². The van der Waals surface area contributed by atoms with Crippen LogP contribution in [0.1, 0.15) is 5.56 Å². The number of halogens is 3. The molecule has 0 bridgehead atoms. The van der Waals surface area contributed by atoms with Crippen molar-refractivity contribution in [1.82, 2.24) is 4.98 Å². The molecule has 2 N–H and O–H groups in total. The summed E-state index contributed by atoms with van der Waals surface area (Å²) >= 11 is 16.5. The molecule has 120 valence electrons. The highest BCUT2D eigenvalue weighted by molar-refractivity contribution is 7.79. The van der Waals surface area contributed by atoms with Crippen LogP contribution in [-0.4, -0.2) is 23.6 Å². The maximum Gasteiger partial charge on any atom is 0.514 e. The number of hydrogen-bond donors (Lipinski definition) is 1. The number of anilines is 1. The highest BCUT2D eigenvalue weighted by atomic mass is 35.5. The third kappa shape index (κ3) is 3.52. The van der Waals surface area contributed by atoms with E-state index >= 15 is 0 Å². The minimum absolute atomic E-state index is 0.0462. The van der Waals surface area contributed by atoms with E-state index in [0.717, 1.165) is 12.5 Å². The Hall–Kier alpha value is -1.96. The molecule has 1 aromatic carbocycles. The van der Waals surface area contributed by atoms with Crippen LogP contribution in [0.15, 0.2) is 18.2 Å². The Labute approximate surface area is 146 Å². The van der Waals surface area contributed by atoms with E-state index in [4.69, 9.17) is 45.9 Å². The fraction of sp³-hybridized carbons (Fsp3) is 0.0714. The summed E-state index contributed by atoms with van der Waals surface area (Å²) in [5.74, 6) is -0.975. The Bertz CT molecular complexity index is 802. The first kappa shape index (κ1) is 17.4. The number of ether oxygens (including phenoxy) is 2. The number of benzene rings is 1. The van der Waals surface area contributed by atoms with Crippen LogP contribution >= 0.6 is 35.4 Å². The smallest absolute Gasteiger partial charge is 0.437 e. The minimum atomic E-state index is -1.04. The number of nitrogens with two attached hydrogens (primary N) is 1. The zero-order valence-corrected chi connectivity index (χ0v) is 13.9. The SMILES string of the molecule is COC(=O)Oc1nc(-c2ccc(Cl)c(C=S)c2F)cc(N)c1Cl. The van der Waals surface area contributed by atoms with Gasteiger partial charge in [0.25, 0.3) is 0 Å². The summed E-state index contributed by atoms with van der Waals surface area (Å²) in [5.41, 5.74) is 6.01. The average Bonchev–Trinajstić information content (AvgIpc) is 2.52. The molecule has 0 saturated carbocycles. The van der Waals surface area contributed by atoms with Gasteiger partial charge in [-0.15, -0.1) is 0 Å². The van der Waals surface area contributed by atoms with Gasteiger partial charge in [0.05, 0.1) is 23.5 Å². The molecule has 0 fully saturated rings. The molecule has 2 aromatic rings. The first-order chi connectivity index (χ1) is 10.9. The number of pyridine rings is 1. The first-order valence-electron chi connectivity index (χ1n) is 6.04. The molecule has 0 amide bonds. The summed E-state index contributed by atoms with van der Waals surface area (Å²) in [4.78, 5) is 15.2. The van der Waals surface area contributed by atoms with E-state index < -0.39 is 12.0 Å². The lowest BCUT2D eigenvalue weighted by molar-refractivity contribution is 0.120. The third-order valence-electron chi connectivity index (χ3n) is 2.82. The Balaban J connectivity index is 2.61. The molecule has 0 atom stereocenters. The van der Waals surface area contributed by atoms with Gasteiger partial charge in [-0.25, -0.2) is 14.2 Å². The van der Waals surface area contributed by atoms with Gasteiger partial charge in [-0.05, 0) is 18.2 Å². The first-order valence-corrected chi connectivity index (χ1v) is 7.27. The van der Waals surface area contributed by atoms with Crippen LogP contribution in [0.5, 0.6) is 5.88 Å². The summed E-state index contributed by atoms with van der Waals surface area (Å²) in [6.07, 6.45) is -1.04. The molecule has 0 radical (unpaired) electrons. The van der Waals surface area contributed by atoms with E-state index in [1.54, 1.807) is 0 Å². The maximum atomic E-state index is 14.5. The van der Waals surface area contributed by atoms with Gasteiger partial charge in [0.1, 0.15) is 10.8 Å². The fourth-order valence-electron chi connectivity index (χ4n) is 1.73. The number of carbonyl (C=O) groups is 1. The van der Waals surface area contributed by atoms with Crippen molar-refractivity contribution in [3.8, 4) is 17.1 Å². The lowest BCUT2D eigenvalue weighted by Crippen LogP contribution is -2.10. The number of thiocarbonyl (C=S) groups is 1. The number of carbonyl (C=O) groups excluding carboxylic acids is 1. The van der Waals surface area contributed by atoms with Crippen molar-refractivity contribution in [3.05, 3.63) is 39.6 Å². The van der Waals surface area contributed by atoms with Gasteiger partial charge in [-0.2, -0.15) is 0 Å². The Morgan fingerprint density at radius 1 is 1.43 bits per heavy atom. The zero-order chi connectivity index (χ0) is 17.1. The van der Waals surface area contributed by atoms with Crippen molar-refractivity contribution in [2.75, 3.05) is 12.8 Å². The molecular formula is C14H9Cl2FN2O3S. The highest BCUT2D eigenvalue weighted by Gasteiger charge is 2.19. The topological polar surface area (TPSA) is 74.4 Å². The standard InChI is InChI=1S/C14H9Cl2FN2O3S/c1-21-14(20)22-13-11(16)9(18)4-10(19-13)6-2-3-8(15)7(5-23)12(6)17/h2-5H,1H3,(H2,18,19). The number of aromatic nitrogens is 1. The van der Waals surface area contributed by atoms with Crippen LogP contribution in [0.4, 0.5) is 14.9 Å². The summed E-state index contributed by atoms with van der Waals surface area (Å²) in [5, 5.41) is 1.18. The van der Waals surface area contributed by atoms with E-state index in [9.17, 15) is 9.18 Å². The summed E-state index contributed by atoms with van der Waals surface area (Å²) < 4.78 is 23.6. The lowest BCUT2D eigenvalue weighted by Gasteiger charge is -2.11. The Morgan fingerprint density at radius 2 is 2.13 bits per heavy atom. The lowest BCUT2D eigenvalue weighted by atomic mass is 10.1. The van der Waals surface area contributed by atoms with E-state index in [-0.39, 0.29) is 38.4 Å². The Morgan fingerprint density at radius 3 is 2.74 bits per heavy atom. The largest absolute Gasteiger partial charge is 0.514 e. The predicted molar refractivity (Wildman–Crippen MR) is 89.9 cm³/mol. The van der Waals surface area contributed by atoms with Crippen molar-refractivity contribution >= 4 is 52.6 Å². The monoisotopic (exact) mass is 374 g/mol. The van der Waals surface area contributed by atoms with Gasteiger partial charge in [-0.1, -0.05) is 35.4 Å². The van der Waals surface area contributed by atoms with Crippen molar-refractivity contribution in [2.45, 2.75) is 0 Å². The molecule has 1 aromatic heterocycles. The van der Waals surface area contributed by atoms with Crippen LogP contribution in [0.2, 0.25) is 10.0 Å². The molecule has 0 aliphatic carbocycles. The molecule has 0 spiro atoms. The molecule has 0 aliphatic rings. The van der Waals surface area contributed by atoms with Gasteiger partial charge in [0.15, 0.2) is 0 Å². The van der Waals surface area contributed by atoms with Crippen LogP contribution in [0.25, 0.3) is 11.3 Å². The highest BCUT2D eigenvalue weighted by Crippen LogP contribution is 2.35. The molecule has 23 heavy (non-hydrogen) atoms. The molecule has 2 rings (SSSR count). The van der Waals surface area contributed by atoms with Crippen molar-refractivity contribution in [1.29, 1.82) is 0 Å². The second-order valence-electron chi connectivity index (χ2n) is 4.21. The summed E-state index contributed by atoms with van der Waals surface area (Å²) in [7, 11) is 1.12. The van der Waals surface area contributed by atoms with Crippen LogP contribution in [0, 0.1) is 5.82 Å². The second kappa shape index (κ2) is 7.08. The summed E-state index contributed by atoms with van der Waals surface area (Å²) in [6, 6.07) is 4.20. The van der Waals surface area contributed by atoms with E-state index in [0.29, 0.717) is 0 Å². The van der Waals surface area contributed by atoms with Crippen molar-refractivity contribution < 1.29 is 18.7 Å². The number of rotatable bonds is 3. The molecule has 1 heterocycles. The molecule has 0 saturated heterocycles. The predicted octanol–water partition coefficient (Wildman–Crippen LogP) is 4.27. The molecule has 9 heteroatoms. The van der Waals surface area contributed by atoms with Crippen LogP contribution in [0.3, 0.4) is 0 Å². The summed E-state index contributed by atoms with van der Waals surface area (Å²) in [6.45, 7) is 0. The average molecular weight is 375 g/mol. The van der Waals surface area contributed by atoms with E-state index in [1.165, 1.54) is 18.2 Å². The minimum Gasteiger partial charge on any atom is -0.437 e.